The third-order valence-corrected chi connectivity index (χ3v) is 37.9. The fourth-order valence-electron chi connectivity index (χ4n) is 23.7. The fourth-order valence-corrected chi connectivity index (χ4v) is 29.6. The van der Waals surface area contributed by atoms with Gasteiger partial charge in [0.2, 0.25) is 0 Å². The van der Waals surface area contributed by atoms with E-state index in [2.05, 4.69) is 127 Å². The zero-order chi connectivity index (χ0) is 95.5. The summed E-state index contributed by atoms with van der Waals surface area (Å²) in [6, 6.07) is 36.4. The van der Waals surface area contributed by atoms with Gasteiger partial charge in [0.1, 0.15) is 29.5 Å². The van der Waals surface area contributed by atoms with Crippen LogP contribution in [0.15, 0.2) is 159 Å². The van der Waals surface area contributed by atoms with Gasteiger partial charge >= 0.3 is 6.18 Å². The van der Waals surface area contributed by atoms with E-state index in [-0.39, 0.29) is 92.3 Å². The van der Waals surface area contributed by atoms with E-state index in [1.165, 1.54) is 57.0 Å². The lowest BCUT2D eigenvalue weighted by Gasteiger charge is -2.46. The second kappa shape index (κ2) is 41.7. The van der Waals surface area contributed by atoms with Crippen molar-refractivity contribution in [3.05, 3.63) is 212 Å². The van der Waals surface area contributed by atoms with Crippen LogP contribution in [0.25, 0.3) is 0 Å². The average Bonchev–Trinajstić information content (AvgIpc) is 1.57. The van der Waals surface area contributed by atoms with E-state index in [4.69, 9.17) is 33.2 Å². The van der Waals surface area contributed by atoms with Crippen molar-refractivity contribution in [1.29, 1.82) is 0 Å². The molecular weight excluding hydrogens is 1790 g/mol. The number of allylic oxidation sites excluding steroid dienone is 3. The molecule has 3 spiro atoms. The molecule has 730 valence electrons. The molecule has 0 unspecified atom stereocenters. The van der Waals surface area contributed by atoms with Crippen LogP contribution in [0.2, 0.25) is 0 Å². The molecule has 13 aliphatic rings. The highest BCUT2D eigenvalue weighted by molar-refractivity contribution is 7.95. The monoisotopic (exact) mass is 1920 g/mol. The van der Waals surface area contributed by atoms with Crippen LogP contribution in [0.3, 0.4) is 0 Å². The summed E-state index contributed by atoms with van der Waals surface area (Å²) in [5.74, 6) is -0.390. The fraction of sp³-hybridized carbons (Fsp3) is 0.556. The molecule has 22 nitrogen and oxygen atoms in total. The zero-order valence-electron chi connectivity index (χ0n) is 79.8. The van der Waals surface area contributed by atoms with Gasteiger partial charge in [-0.2, -0.15) is 26.3 Å². The number of Topliss-reactive ketones (excluding diaryl/α,β-unsaturated/α-hetero) is 3. The summed E-state index contributed by atoms with van der Waals surface area (Å²) in [6.07, 6.45) is 25.2. The number of hydrogen-bond donors (Lipinski definition) is 0. The van der Waals surface area contributed by atoms with E-state index in [0.717, 1.165) is 158 Å². The Kier molecular flexibility index (Phi) is 30.2. The smallest absolute Gasteiger partial charge is 0.395 e. The zero-order valence-corrected chi connectivity index (χ0v) is 82.2. The Morgan fingerprint density at radius 2 is 0.787 bits per heavy atom. The van der Waals surface area contributed by atoms with Crippen LogP contribution in [-0.4, -0.2) is 200 Å². The maximum atomic E-state index is 14.2. The van der Waals surface area contributed by atoms with Crippen molar-refractivity contribution in [2.24, 2.45) is 54.5 Å². The second-order valence-corrected chi connectivity index (χ2v) is 48.3. The van der Waals surface area contributed by atoms with Crippen molar-refractivity contribution >= 4 is 81.3 Å². The summed E-state index contributed by atoms with van der Waals surface area (Å²) in [5, 5.41) is 0. The summed E-state index contributed by atoms with van der Waals surface area (Å²) in [6.45, 7) is 14.8. The Bertz CT molecular complexity index is 6040. The first-order chi connectivity index (χ1) is 65.3. The molecule has 136 heavy (non-hydrogen) atoms. The van der Waals surface area contributed by atoms with E-state index < -0.39 is 71.0 Å². The number of ether oxygens (including phenoxy) is 7. The molecule has 3 saturated carbocycles. The van der Waals surface area contributed by atoms with Crippen LogP contribution in [0.5, 0.6) is 17.2 Å². The number of methoxy groups -OCH3 is 3. The molecule has 4 fully saturated rings. The van der Waals surface area contributed by atoms with E-state index in [0.29, 0.717) is 125 Å². The molecule has 15 atom stereocenters. The molecule has 0 aromatic heterocycles. The Labute approximate surface area is 800 Å². The largest absolute Gasteiger partial charge is 0.490 e. The van der Waals surface area contributed by atoms with Gasteiger partial charge in [0.15, 0.2) is 11.6 Å². The van der Waals surface area contributed by atoms with E-state index in [9.17, 15) is 54.6 Å². The second-order valence-electron chi connectivity index (χ2n) is 41.0. The van der Waals surface area contributed by atoms with Crippen molar-refractivity contribution in [2.45, 2.75) is 210 Å². The molecular formula is C108H133F3N6O16S3. The number of carbonyl (C=O) groups excluding carboxylic acids is 6. The number of nitrogens with zero attached hydrogens (tertiary/aromatic N) is 6. The van der Waals surface area contributed by atoms with Gasteiger partial charge in [0.05, 0.1) is 121 Å². The van der Waals surface area contributed by atoms with E-state index in [1.807, 2.05) is 36.4 Å². The van der Waals surface area contributed by atoms with Gasteiger partial charge in [-0.05, 0) is 286 Å². The highest BCUT2D eigenvalue weighted by Gasteiger charge is 2.50. The van der Waals surface area contributed by atoms with Gasteiger partial charge in [0, 0.05) is 111 Å². The lowest BCUT2D eigenvalue weighted by molar-refractivity contribution is -0.150. The molecule has 7 aliphatic heterocycles. The number of halogens is 3. The Hall–Kier alpha value is -9.16. The summed E-state index contributed by atoms with van der Waals surface area (Å²) in [5.41, 5.74) is 14.8. The SMILES string of the molecule is CO[C@H]1/C=C/CCC[S@@](=O)(CC(=O)C2COC2)=NC(=O)c2ccc3c(c2)N(C[C@@H]2CC[C@H]21)C[C@@]1(CCCc2cc(C)ccc21)CO3.CO[C@H]1/C=C/CCC[S@@](=O)(CC(=O)CC(F)(F)F)=NC(=O)c2ccc3c(c2)N(C[C@@H]2CC[C@H]21)C[C@@]1(CCCc2cc(C)ccc21)CO3.CO[C@H]1/C=C/CCC[S@@](=O)(CC(C)=O)=NC(=O)c2ccc3c(c2)N(C[C@@H]2CC[C@H]21)C[C@@]1(CCCc2cc(C)ccc21)CO3. The van der Waals surface area contributed by atoms with Gasteiger partial charge in [-0.1, -0.05) is 108 Å². The number of hydrogen-bond acceptors (Lipinski definition) is 19. The normalized spacial score (nSPS) is 31.2. The van der Waals surface area contributed by atoms with Crippen molar-refractivity contribution in [2.75, 3.05) is 143 Å². The highest BCUT2D eigenvalue weighted by Crippen LogP contribution is 2.53. The molecule has 6 aliphatic carbocycles. The number of anilines is 3. The molecule has 28 heteroatoms. The van der Waals surface area contributed by atoms with Gasteiger partial charge in [-0.15, -0.1) is 0 Å². The number of rotatable bonds is 11. The number of fused-ring (bicyclic) bond motifs is 12. The molecule has 19 rings (SSSR count). The van der Waals surface area contributed by atoms with Gasteiger partial charge in [0.25, 0.3) is 17.7 Å². The van der Waals surface area contributed by atoms with Crippen LogP contribution < -0.4 is 28.9 Å². The first kappa shape index (κ1) is 98.4. The Morgan fingerprint density at radius 3 is 1.09 bits per heavy atom. The summed E-state index contributed by atoms with van der Waals surface area (Å²) >= 11 is 0. The standard InChI is InChI=1S/C37H46N2O6S.C36H43F3N2O5S.C35H44N2O5S/c1-25-9-13-31-26(17-25)7-6-15-37(31)23-39-19-28-10-12-30(28)34(43-2)8-4-3-5-16-46(42,22-33(40)29-20-44-21-29)38-36(41)27-11-14-35(45-24-37)32(39)18-27;1-24-9-13-30-25(17-24)7-6-15-35(30)22-41-20-27-10-12-29(27)32(45-2)8-4-3-5-16-47(44,21-28(42)19-36(37,38)39)40-34(43)26-11-14-33(46-23-35)31(41)18-26;1-24-10-14-30-26(18-24)8-7-16-35(30)22-37-20-28-11-13-29(28)32(41-3)9-5-4-6-17-43(40,21-25(2)38)36-34(39)27-12-15-33(42-23-35)31(37)19-27/h4,8-9,11,13-14,17-18,28-30,34H,3,5-7,10,12,15-16,19-24H2,1-2H3;4,8-9,11,13-14,17-18,27,29,32H,3,5-7,10,12,15-16,19-23H2,1-2H3;5,9-10,12,14-15,18-19,28-29,32H,4,6-8,11,13,16-17,20-23H2,1-3H3/b2*8-4+;9-5+/t28-,30+,34-,37-,46+;27-,29+,32-,35-,47+;28-,29+,32-,35-,43+/m000/s1. The molecule has 1 saturated heterocycles. The predicted molar refractivity (Wildman–Crippen MR) is 526 cm³/mol. The van der Waals surface area contributed by atoms with Crippen molar-refractivity contribution in [1.82, 2.24) is 0 Å². The third-order valence-electron chi connectivity index (χ3n) is 31.2. The number of aryl methyl sites for hydroxylation is 6. The number of ketones is 3. The minimum absolute atomic E-state index is 0.00356. The maximum Gasteiger partial charge on any atom is 0.395 e. The third kappa shape index (κ3) is 22.2. The van der Waals surface area contributed by atoms with Gasteiger partial charge < -0.3 is 47.9 Å². The minimum atomic E-state index is -4.73. The van der Waals surface area contributed by atoms with Crippen LogP contribution in [-0.2, 0) is 98.0 Å². The molecule has 6 aromatic rings. The molecule has 7 heterocycles. The first-order valence-corrected chi connectivity index (χ1v) is 54.8. The van der Waals surface area contributed by atoms with E-state index in [1.54, 1.807) is 51.7 Å². The van der Waals surface area contributed by atoms with Crippen molar-refractivity contribution in [3.63, 3.8) is 0 Å². The summed E-state index contributed by atoms with van der Waals surface area (Å²) < 4.78 is 136. The molecule has 0 N–H and O–H groups in total. The molecule has 6 aromatic carbocycles. The summed E-state index contributed by atoms with van der Waals surface area (Å²) in [7, 11) is -4.47. The highest BCUT2D eigenvalue weighted by atomic mass is 32.2. The minimum Gasteiger partial charge on any atom is -0.490 e. The maximum absolute atomic E-state index is 14.2. The molecule has 3 amide bonds. The number of carbonyl (C=O) groups is 6. The van der Waals surface area contributed by atoms with Crippen molar-refractivity contribution < 1.29 is 87.7 Å². The van der Waals surface area contributed by atoms with Crippen molar-refractivity contribution in [3.8, 4) is 17.2 Å². The quantitative estimate of drug-likeness (QED) is 0.109. The number of amides is 3. The number of alkyl halides is 3. The average molecular weight is 1920 g/mol. The van der Waals surface area contributed by atoms with Crippen LogP contribution >= 0.6 is 0 Å². The lowest BCUT2D eigenvalue weighted by atomic mass is 9.68. The first-order valence-electron chi connectivity index (χ1n) is 49.2. The van der Waals surface area contributed by atoms with Crippen LogP contribution in [0.4, 0.5) is 30.2 Å². The number of benzene rings is 6. The Balaban J connectivity index is 0.000000142. The predicted octanol–water partition coefficient (Wildman–Crippen LogP) is 18.7. The van der Waals surface area contributed by atoms with E-state index >= 15 is 0 Å². The van der Waals surface area contributed by atoms with Crippen LogP contribution in [0, 0.1) is 62.2 Å². The lowest BCUT2D eigenvalue weighted by Crippen LogP contribution is -2.49. The topological polar surface area (TPSA) is 265 Å². The molecule has 0 radical (unpaired) electrons. The van der Waals surface area contributed by atoms with Crippen LogP contribution in [0.1, 0.15) is 210 Å². The van der Waals surface area contributed by atoms with Gasteiger partial charge in [-0.25, -0.2) is 12.6 Å². The van der Waals surface area contributed by atoms with Gasteiger partial charge in [-0.3, -0.25) is 28.8 Å². The Morgan fingerprint density at radius 1 is 0.449 bits per heavy atom. The molecule has 6 bridgehead atoms. The summed E-state index contributed by atoms with van der Waals surface area (Å²) in [4.78, 5) is 85.4.